The standard InChI is InChI=1S/C11H13NO4/c13-9-5-3-8(4-6-9)11(16)12-7-1-2-10(14)15/h3-6,13H,1-2,7H2,(H,12,16)(H,14,15). The molecule has 0 atom stereocenters. The highest BCUT2D eigenvalue weighted by Crippen LogP contribution is 2.09. The minimum Gasteiger partial charge on any atom is -0.508 e. The largest absolute Gasteiger partial charge is 0.508 e. The fourth-order valence-electron chi connectivity index (χ4n) is 1.16. The van der Waals surface area contributed by atoms with Crippen LogP contribution in [0, 0.1) is 0 Å². The molecule has 0 radical (unpaired) electrons. The lowest BCUT2D eigenvalue weighted by atomic mass is 10.2. The molecule has 5 nitrogen and oxygen atoms in total. The first-order valence-corrected chi connectivity index (χ1v) is 4.88. The second-order valence-electron chi connectivity index (χ2n) is 3.30. The molecule has 0 spiro atoms. The average molecular weight is 223 g/mol. The molecule has 1 rings (SSSR count). The molecule has 0 saturated heterocycles. The van der Waals surface area contributed by atoms with Crippen LogP contribution in [0.25, 0.3) is 0 Å². The predicted octanol–water partition coefficient (Wildman–Crippen LogP) is 0.987. The summed E-state index contributed by atoms with van der Waals surface area (Å²) in [6.45, 7) is 0.325. The van der Waals surface area contributed by atoms with E-state index in [4.69, 9.17) is 10.2 Å². The molecule has 86 valence electrons. The van der Waals surface area contributed by atoms with Crippen LogP contribution >= 0.6 is 0 Å². The van der Waals surface area contributed by atoms with Crippen LogP contribution in [0.1, 0.15) is 23.2 Å². The molecule has 0 aromatic heterocycles. The van der Waals surface area contributed by atoms with E-state index in [0.29, 0.717) is 18.5 Å². The van der Waals surface area contributed by atoms with Crippen molar-refractivity contribution >= 4 is 11.9 Å². The smallest absolute Gasteiger partial charge is 0.303 e. The Hall–Kier alpha value is -2.04. The van der Waals surface area contributed by atoms with Crippen molar-refractivity contribution in [2.24, 2.45) is 0 Å². The summed E-state index contributed by atoms with van der Waals surface area (Å²) in [7, 11) is 0. The van der Waals surface area contributed by atoms with E-state index in [0.717, 1.165) is 0 Å². The van der Waals surface area contributed by atoms with Crippen LogP contribution in [-0.2, 0) is 4.79 Å². The van der Waals surface area contributed by atoms with Crippen LogP contribution in [0.5, 0.6) is 5.75 Å². The van der Waals surface area contributed by atoms with Crippen molar-refractivity contribution < 1.29 is 19.8 Å². The summed E-state index contributed by atoms with van der Waals surface area (Å²) < 4.78 is 0. The van der Waals surface area contributed by atoms with Gasteiger partial charge in [-0.25, -0.2) is 0 Å². The van der Waals surface area contributed by atoms with Crippen molar-refractivity contribution in [3.05, 3.63) is 29.8 Å². The first-order valence-electron chi connectivity index (χ1n) is 4.88. The third-order valence-corrected chi connectivity index (χ3v) is 1.98. The van der Waals surface area contributed by atoms with Crippen molar-refractivity contribution in [1.29, 1.82) is 0 Å². The molecule has 5 heteroatoms. The maximum absolute atomic E-state index is 11.5. The average Bonchev–Trinajstić information content (AvgIpc) is 2.25. The Kier molecular flexibility index (Phi) is 4.32. The van der Waals surface area contributed by atoms with E-state index < -0.39 is 5.97 Å². The summed E-state index contributed by atoms with van der Waals surface area (Å²) in [6.07, 6.45) is 0.439. The normalized spacial score (nSPS) is 9.75. The highest BCUT2D eigenvalue weighted by molar-refractivity contribution is 5.94. The summed E-state index contributed by atoms with van der Waals surface area (Å²) in [5.74, 6) is -1.05. The number of hydrogen-bond acceptors (Lipinski definition) is 3. The van der Waals surface area contributed by atoms with E-state index in [1.807, 2.05) is 0 Å². The Morgan fingerprint density at radius 1 is 1.19 bits per heavy atom. The van der Waals surface area contributed by atoms with Crippen molar-refractivity contribution in [2.75, 3.05) is 6.54 Å². The number of carboxylic acid groups (broad SMARTS) is 1. The van der Waals surface area contributed by atoms with Crippen LogP contribution in [0.3, 0.4) is 0 Å². The number of phenols is 1. The van der Waals surface area contributed by atoms with Crippen LogP contribution in [0.4, 0.5) is 0 Å². The molecule has 0 aliphatic rings. The maximum Gasteiger partial charge on any atom is 0.303 e. The van der Waals surface area contributed by atoms with Gasteiger partial charge in [0.25, 0.3) is 5.91 Å². The summed E-state index contributed by atoms with van der Waals surface area (Å²) in [5.41, 5.74) is 0.438. The lowest BCUT2D eigenvalue weighted by molar-refractivity contribution is -0.137. The first-order chi connectivity index (χ1) is 7.59. The van der Waals surface area contributed by atoms with Gasteiger partial charge < -0.3 is 15.5 Å². The van der Waals surface area contributed by atoms with Crippen molar-refractivity contribution in [1.82, 2.24) is 5.32 Å². The fraction of sp³-hybridized carbons (Fsp3) is 0.273. The quantitative estimate of drug-likeness (QED) is 0.649. The number of aliphatic carboxylic acids is 1. The summed E-state index contributed by atoms with van der Waals surface area (Å²) in [6, 6.07) is 5.85. The van der Waals surface area contributed by atoms with Crippen LogP contribution in [0.2, 0.25) is 0 Å². The van der Waals surface area contributed by atoms with Crippen LogP contribution in [0.15, 0.2) is 24.3 Å². The van der Waals surface area contributed by atoms with E-state index in [1.54, 1.807) is 0 Å². The van der Waals surface area contributed by atoms with E-state index >= 15 is 0 Å². The number of rotatable bonds is 5. The van der Waals surface area contributed by atoms with Gasteiger partial charge in [0.05, 0.1) is 0 Å². The summed E-state index contributed by atoms with van der Waals surface area (Å²) in [5, 5.41) is 20.0. The van der Waals surface area contributed by atoms with Gasteiger partial charge in [0.2, 0.25) is 0 Å². The zero-order valence-corrected chi connectivity index (χ0v) is 8.64. The molecule has 0 aliphatic heterocycles. The highest BCUT2D eigenvalue weighted by atomic mass is 16.4. The van der Waals surface area contributed by atoms with Gasteiger partial charge in [-0.05, 0) is 30.7 Å². The van der Waals surface area contributed by atoms with Gasteiger partial charge in [0, 0.05) is 18.5 Å². The van der Waals surface area contributed by atoms with Crippen molar-refractivity contribution in [3.63, 3.8) is 0 Å². The second-order valence-corrected chi connectivity index (χ2v) is 3.30. The van der Waals surface area contributed by atoms with E-state index in [2.05, 4.69) is 5.32 Å². The zero-order chi connectivity index (χ0) is 12.0. The molecule has 3 N–H and O–H groups in total. The Morgan fingerprint density at radius 3 is 2.38 bits per heavy atom. The lowest BCUT2D eigenvalue weighted by Gasteiger charge is -2.03. The van der Waals surface area contributed by atoms with Gasteiger partial charge in [-0.1, -0.05) is 0 Å². The molecule has 0 fully saturated rings. The fourth-order valence-corrected chi connectivity index (χ4v) is 1.16. The zero-order valence-electron chi connectivity index (χ0n) is 8.64. The van der Waals surface area contributed by atoms with Gasteiger partial charge in [-0.15, -0.1) is 0 Å². The molecule has 1 amide bonds. The number of carbonyl (C=O) groups excluding carboxylic acids is 1. The van der Waals surface area contributed by atoms with Crippen LogP contribution in [-0.4, -0.2) is 28.6 Å². The molecule has 0 saturated carbocycles. The molecular formula is C11H13NO4. The summed E-state index contributed by atoms with van der Waals surface area (Å²) >= 11 is 0. The number of carbonyl (C=O) groups is 2. The number of amides is 1. The second kappa shape index (κ2) is 5.75. The number of aromatic hydroxyl groups is 1. The van der Waals surface area contributed by atoms with Crippen molar-refractivity contribution in [3.8, 4) is 5.75 Å². The van der Waals surface area contributed by atoms with Gasteiger partial charge in [-0.2, -0.15) is 0 Å². The number of carboxylic acids is 1. The lowest BCUT2D eigenvalue weighted by Crippen LogP contribution is -2.24. The Labute approximate surface area is 92.7 Å². The van der Waals surface area contributed by atoms with Gasteiger partial charge >= 0.3 is 5.97 Å². The molecular weight excluding hydrogens is 210 g/mol. The molecule has 0 unspecified atom stereocenters. The van der Waals surface area contributed by atoms with E-state index in [-0.39, 0.29) is 18.1 Å². The number of phenolic OH excluding ortho intramolecular Hbond substituents is 1. The molecule has 1 aromatic carbocycles. The third kappa shape index (κ3) is 4.00. The third-order valence-electron chi connectivity index (χ3n) is 1.98. The highest BCUT2D eigenvalue weighted by Gasteiger charge is 2.04. The molecule has 0 aliphatic carbocycles. The van der Waals surface area contributed by atoms with Gasteiger partial charge in [0.15, 0.2) is 0 Å². The first kappa shape index (κ1) is 12.0. The number of benzene rings is 1. The molecule has 1 aromatic rings. The Bertz CT molecular complexity index is 372. The van der Waals surface area contributed by atoms with Crippen LogP contribution < -0.4 is 5.32 Å². The predicted molar refractivity (Wildman–Crippen MR) is 57.3 cm³/mol. The summed E-state index contributed by atoms with van der Waals surface area (Å²) in [4.78, 5) is 21.7. The maximum atomic E-state index is 11.5. The topological polar surface area (TPSA) is 86.6 Å². The van der Waals surface area contributed by atoms with E-state index in [1.165, 1.54) is 24.3 Å². The Morgan fingerprint density at radius 2 is 1.81 bits per heavy atom. The molecule has 0 bridgehead atoms. The molecule has 16 heavy (non-hydrogen) atoms. The van der Waals surface area contributed by atoms with Gasteiger partial charge in [-0.3, -0.25) is 9.59 Å². The monoisotopic (exact) mass is 223 g/mol. The van der Waals surface area contributed by atoms with E-state index in [9.17, 15) is 9.59 Å². The van der Waals surface area contributed by atoms with Gasteiger partial charge in [0.1, 0.15) is 5.75 Å². The van der Waals surface area contributed by atoms with Crippen molar-refractivity contribution in [2.45, 2.75) is 12.8 Å². The minimum absolute atomic E-state index is 0.0376. The Balaban J connectivity index is 2.35. The number of nitrogens with one attached hydrogen (secondary N) is 1. The minimum atomic E-state index is -0.876. The number of hydrogen-bond donors (Lipinski definition) is 3. The SMILES string of the molecule is O=C(O)CCCNC(=O)c1ccc(O)cc1. The molecule has 0 heterocycles.